The molecule has 72 valence electrons. The number of nitrogens with one attached hydrogen (secondary N) is 1. The Morgan fingerprint density at radius 3 is 2.31 bits per heavy atom. The maximum atomic E-state index is 11.3. The third-order valence-corrected chi connectivity index (χ3v) is 2.33. The van der Waals surface area contributed by atoms with Crippen molar-refractivity contribution in [1.29, 1.82) is 0 Å². The van der Waals surface area contributed by atoms with Gasteiger partial charge in [0.15, 0.2) is 0 Å². The van der Waals surface area contributed by atoms with Gasteiger partial charge in [0.2, 0.25) is 5.91 Å². The highest BCUT2D eigenvalue weighted by Gasteiger charge is 2.33. The van der Waals surface area contributed by atoms with Crippen LogP contribution in [-0.4, -0.2) is 24.0 Å². The topological polar surface area (TPSA) is 66.4 Å². The molecule has 2 atom stereocenters. The second-order valence-corrected chi connectivity index (χ2v) is 3.11. The van der Waals surface area contributed by atoms with Crippen LogP contribution in [0, 0.1) is 11.8 Å². The van der Waals surface area contributed by atoms with Crippen molar-refractivity contribution < 1.29 is 14.7 Å². The number of carboxylic acid groups (broad SMARTS) is 1. The van der Waals surface area contributed by atoms with Crippen molar-refractivity contribution in [2.45, 2.75) is 12.8 Å². The zero-order valence-electron chi connectivity index (χ0n) is 7.49. The fourth-order valence-corrected chi connectivity index (χ4v) is 1.56. The quantitative estimate of drug-likeness (QED) is 0.609. The molecule has 2 N–H and O–H groups in total. The van der Waals surface area contributed by atoms with E-state index in [1.807, 2.05) is 12.2 Å². The molecule has 13 heavy (non-hydrogen) atoms. The first kappa shape index (κ1) is 9.77. The number of hydrogen-bond acceptors (Lipinski definition) is 2. The predicted octanol–water partition coefficient (Wildman–Crippen LogP) is 0.399. The van der Waals surface area contributed by atoms with Crippen LogP contribution in [0.4, 0.5) is 0 Å². The molecule has 0 spiro atoms. The molecule has 1 amide bonds. The molecule has 0 bridgehead atoms. The third-order valence-electron chi connectivity index (χ3n) is 2.33. The van der Waals surface area contributed by atoms with Gasteiger partial charge in [-0.2, -0.15) is 0 Å². The van der Waals surface area contributed by atoms with Crippen LogP contribution in [0.25, 0.3) is 0 Å². The molecule has 0 aromatic carbocycles. The van der Waals surface area contributed by atoms with Crippen LogP contribution in [0.3, 0.4) is 0 Å². The Bertz CT molecular complexity index is 247. The van der Waals surface area contributed by atoms with Gasteiger partial charge in [0.1, 0.15) is 0 Å². The SMILES string of the molecule is CNC(=O)[C@@H]1CC=CC[C@@H]1C(=O)O. The van der Waals surface area contributed by atoms with Crippen molar-refractivity contribution in [2.24, 2.45) is 11.8 Å². The maximum Gasteiger partial charge on any atom is 0.307 e. The molecule has 0 saturated heterocycles. The van der Waals surface area contributed by atoms with E-state index in [0.29, 0.717) is 12.8 Å². The molecule has 0 unspecified atom stereocenters. The highest BCUT2D eigenvalue weighted by atomic mass is 16.4. The maximum absolute atomic E-state index is 11.3. The normalized spacial score (nSPS) is 26.8. The first-order chi connectivity index (χ1) is 6.16. The number of carboxylic acids is 1. The number of carbonyl (C=O) groups is 2. The lowest BCUT2D eigenvalue weighted by Crippen LogP contribution is -2.37. The standard InChI is InChI=1S/C9H13NO3/c1-10-8(11)6-4-2-3-5-7(6)9(12)13/h2-3,6-7H,4-5H2,1H3,(H,10,11)(H,12,13)/t6-,7+/m1/s1. The van der Waals surface area contributed by atoms with Gasteiger partial charge in [-0.15, -0.1) is 0 Å². The van der Waals surface area contributed by atoms with Gasteiger partial charge in [-0.3, -0.25) is 9.59 Å². The lowest BCUT2D eigenvalue weighted by Gasteiger charge is -2.23. The minimum atomic E-state index is -0.891. The molecule has 0 heterocycles. The average molecular weight is 183 g/mol. The van der Waals surface area contributed by atoms with Gasteiger partial charge in [-0.05, 0) is 12.8 Å². The number of amides is 1. The van der Waals surface area contributed by atoms with Gasteiger partial charge in [0, 0.05) is 7.05 Å². The van der Waals surface area contributed by atoms with Crippen LogP contribution in [0.2, 0.25) is 0 Å². The Hall–Kier alpha value is -1.32. The summed E-state index contributed by atoms with van der Waals surface area (Å²) in [5.74, 6) is -2.05. The summed E-state index contributed by atoms with van der Waals surface area (Å²) >= 11 is 0. The van der Waals surface area contributed by atoms with Gasteiger partial charge in [-0.1, -0.05) is 12.2 Å². The Morgan fingerprint density at radius 2 is 1.85 bits per heavy atom. The Labute approximate surface area is 76.6 Å². The molecule has 0 fully saturated rings. The van der Waals surface area contributed by atoms with E-state index in [1.54, 1.807) is 0 Å². The smallest absolute Gasteiger partial charge is 0.307 e. The molecule has 0 aromatic rings. The summed E-state index contributed by atoms with van der Waals surface area (Å²) in [7, 11) is 1.53. The van der Waals surface area contributed by atoms with E-state index in [-0.39, 0.29) is 5.91 Å². The molecular weight excluding hydrogens is 170 g/mol. The monoisotopic (exact) mass is 183 g/mol. The Morgan fingerprint density at radius 1 is 1.31 bits per heavy atom. The number of aliphatic carboxylic acids is 1. The molecule has 0 aliphatic heterocycles. The van der Waals surface area contributed by atoms with Crippen LogP contribution in [0.5, 0.6) is 0 Å². The van der Waals surface area contributed by atoms with E-state index < -0.39 is 17.8 Å². The predicted molar refractivity (Wildman–Crippen MR) is 47.1 cm³/mol. The van der Waals surface area contributed by atoms with Crippen molar-refractivity contribution in [1.82, 2.24) is 5.32 Å². The number of allylic oxidation sites excluding steroid dienone is 2. The molecule has 1 rings (SSSR count). The van der Waals surface area contributed by atoms with E-state index >= 15 is 0 Å². The average Bonchev–Trinajstić information content (AvgIpc) is 2.16. The Kier molecular flexibility index (Phi) is 3.06. The second kappa shape index (κ2) is 4.07. The molecule has 0 aromatic heterocycles. The van der Waals surface area contributed by atoms with Gasteiger partial charge < -0.3 is 10.4 Å². The van der Waals surface area contributed by atoms with Crippen LogP contribution in [0.1, 0.15) is 12.8 Å². The van der Waals surface area contributed by atoms with E-state index in [0.717, 1.165) is 0 Å². The highest BCUT2D eigenvalue weighted by molar-refractivity contribution is 5.85. The zero-order valence-corrected chi connectivity index (χ0v) is 7.49. The van der Waals surface area contributed by atoms with Gasteiger partial charge >= 0.3 is 5.97 Å². The number of hydrogen-bond donors (Lipinski definition) is 2. The summed E-state index contributed by atoms with van der Waals surface area (Å²) < 4.78 is 0. The summed E-state index contributed by atoms with van der Waals surface area (Å²) in [5, 5.41) is 11.3. The molecule has 0 radical (unpaired) electrons. The minimum Gasteiger partial charge on any atom is -0.481 e. The summed E-state index contributed by atoms with van der Waals surface area (Å²) in [4.78, 5) is 22.0. The lowest BCUT2D eigenvalue weighted by atomic mass is 9.82. The molecule has 4 nitrogen and oxygen atoms in total. The largest absolute Gasteiger partial charge is 0.481 e. The first-order valence-corrected chi connectivity index (χ1v) is 4.26. The molecule has 1 aliphatic carbocycles. The first-order valence-electron chi connectivity index (χ1n) is 4.26. The molecular formula is C9H13NO3. The van der Waals surface area contributed by atoms with E-state index in [9.17, 15) is 9.59 Å². The summed E-state index contributed by atoms with van der Waals surface area (Å²) in [6.07, 6.45) is 4.65. The fourth-order valence-electron chi connectivity index (χ4n) is 1.56. The van der Waals surface area contributed by atoms with Crippen molar-refractivity contribution in [3.05, 3.63) is 12.2 Å². The van der Waals surface area contributed by atoms with Crippen molar-refractivity contribution >= 4 is 11.9 Å². The minimum absolute atomic E-state index is 0.184. The lowest BCUT2D eigenvalue weighted by molar-refractivity contribution is -0.147. The third kappa shape index (κ3) is 2.08. The van der Waals surface area contributed by atoms with Crippen LogP contribution in [0.15, 0.2) is 12.2 Å². The highest BCUT2D eigenvalue weighted by Crippen LogP contribution is 2.25. The van der Waals surface area contributed by atoms with Gasteiger partial charge in [-0.25, -0.2) is 0 Å². The van der Waals surface area contributed by atoms with Gasteiger partial charge in [0.05, 0.1) is 11.8 Å². The summed E-state index contributed by atoms with van der Waals surface area (Å²) in [6.45, 7) is 0. The second-order valence-electron chi connectivity index (χ2n) is 3.11. The summed E-state index contributed by atoms with van der Waals surface area (Å²) in [6, 6.07) is 0. The van der Waals surface area contributed by atoms with Gasteiger partial charge in [0.25, 0.3) is 0 Å². The zero-order chi connectivity index (χ0) is 9.84. The fraction of sp³-hybridized carbons (Fsp3) is 0.556. The number of rotatable bonds is 2. The Balaban J connectivity index is 2.75. The summed E-state index contributed by atoms with van der Waals surface area (Å²) in [5.41, 5.74) is 0. The van der Waals surface area contributed by atoms with Crippen molar-refractivity contribution in [2.75, 3.05) is 7.05 Å². The van der Waals surface area contributed by atoms with Crippen LogP contribution < -0.4 is 5.32 Å². The van der Waals surface area contributed by atoms with Crippen molar-refractivity contribution in [3.63, 3.8) is 0 Å². The van der Waals surface area contributed by atoms with Crippen molar-refractivity contribution in [3.8, 4) is 0 Å². The van der Waals surface area contributed by atoms with E-state index in [2.05, 4.69) is 5.32 Å². The molecule has 0 saturated carbocycles. The molecule has 4 heteroatoms. The molecule has 1 aliphatic rings. The van der Waals surface area contributed by atoms with E-state index in [1.165, 1.54) is 7.05 Å². The van der Waals surface area contributed by atoms with E-state index in [4.69, 9.17) is 5.11 Å². The van der Waals surface area contributed by atoms with Crippen LogP contribution >= 0.6 is 0 Å². The number of carbonyl (C=O) groups excluding carboxylic acids is 1. The van der Waals surface area contributed by atoms with Crippen LogP contribution in [-0.2, 0) is 9.59 Å².